The molecule has 0 spiro atoms. The Hall–Kier alpha value is -1.50. The summed E-state index contributed by atoms with van der Waals surface area (Å²) in [5.74, 6) is -0.803. The number of carbonyl (C=O) groups excluding carboxylic acids is 3. The highest BCUT2D eigenvalue weighted by molar-refractivity contribution is 6.27. The molecule has 8 heteroatoms. The van der Waals surface area contributed by atoms with Gasteiger partial charge in [-0.25, -0.2) is 10.2 Å². The lowest BCUT2D eigenvalue weighted by Crippen LogP contribution is -2.53. The van der Waals surface area contributed by atoms with E-state index in [0.717, 1.165) is 11.4 Å². The first-order chi connectivity index (χ1) is 9.65. The number of carbonyl (C=O) groups is 3. The Labute approximate surface area is 129 Å². The fourth-order valence-electron chi connectivity index (χ4n) is 2.12. The Morgan fingerprint density at radius 2 is 2.00 bits per heavy atom. The summed E-state index contributed by atoms with van der Waals surface area (Å²) in [6, 6.07) is -0.587. The van der Waals surface area contributed by atoms with E-state index >= 15 is 0 Å². The fraction of sp³-hybridized carbons (Fsp3) is 0.769. The molecule has 1 rings (SSSR count). The number of nitrogens with one attached hydrogen (secondary N) is 1. The Morgan fingerprint density at radius 3 is 2.52 bits per heavy atom. The summed E-state index contributed by atoms with van der Waals surface area (Å²) < 4.78 is 5.07. The van der Waals surface area contributed by atoms with Crippen molar-refractivity contribution in [3.8, 4) is 0 Å². The number of nitrogens with zero attached hydrogens (tertiary/aromatic N) is 2. The zero-order valence-electron chi connectivity index (χ0n) is 12.8. The van der Waals surface area contributed by atoms with Crippen molar-refractivity contribution in [3.63, 3.8) is 0 Å². The average Bonchev–Trinajstić information content (AvgIpc) is 2.83. The first-order valence-corrected chi connectivity index (χ1v) is 7.32. The lowest BCUT2D eigenvalue weighted by atomic mass is 10.2. The highest BCUT2D eigenvalue weighted by Crippen LogP contribution is 2.19. The molecule has 1 saturated heterocycles. The number of hydrogen-bond donors (Lipinski definition) is 1. The smallest absolute Gasteiger partial charge is 0.426 e. The van der Waals surface area contributed by atoms with E-state index in [1.54, 1.807) is 20.8 Å². The molecule has 1 aliphatic heterocycles. The number of rotatable bonds is 2. The van der Waals surface area contributed by atoms with Crippen molar-refractivity contribution in [3.05, 3.63) is 0 Å². The highest BCUT2D eigenvalue weighted by atomic mass is 35.5. The van der Waals surface area contributed by atoms with E-state index in [2.05, 4.69) is 5.43 Å². The molecule has 1 fully saturated rings. The van der Waals surface area contributed by atoms with Gasteiger partial charge in [0.1, 0.15) is 17.5 Å². The van der Waals surface area contributed by atoms with Crippen LogP contribution in [-0.2, 0) is 14.3 Å². The number of hydrazine groups is 1. The second-order valence-corrected chi connectivity index (χ2v) is 6.16. The molecule has 1 heterocycles. The minimum absolute atomic E-state index is 0.160. The van der Waals surface area contributed by atoms with Crippen LogP contribution in [0.25, 0.3) is 0 Å². The van der Waals surface area contributed by atoms with Gasteiger partial charge in [-0.15, -0.1) is 11.6 Å². The fourth-order valence-corrected chi connectivity index (χ4v) is 2.27. The van der Waals surface area contributed by atoms with Crippen LogP contribution in [0.1, 0.15) is 33.6 Å². The molecule has 1 aliphatic rings. The summed E-state index contributed by atoms with van der Waals surface area (Å²) >= 11 is 5.53. The van der Waals surface area contributed by atoms with Crippen LogP contribution in [-0.4, -0.2) is 58.9 Å². The summed E-state index contributed by atoms with van der Waals surface area (Å²) in [5.41, 5.74) is 1.69. The van der Waals surface area contributed by atoms with Crippen molar-refractivity contribution in [2.75, 3.05) is 19.5 Å². The zero-order valence-corrected chi connectivity index (χ0v) is 13.6. The van der Waals surface area contributed by atoms with Gasteiger partial charge in [0.25, 0.3) is 5.91 Å². The molecule has 0 aliphatic carbocycles. The first kappa shape index (κ1) is 17.6. The molecule has 120 valence electrons. The van der Waals surface area contributed by atoms with Gasteiger partial charge in [0, 0.05) is 13.6 Å². The van der Waals surface area contributed by atoms with Crippen molar-refractivity contribution in [2.24, 2.45) is 0 Å². The normalized spacial score (nSPS) is 18.3. The summed E-state index contributed by atoms with van der Waals surface area (Å²) in [4.78, 5) is 37.0. The van der Waals surface area contributed by atoms with Crippen LogP contribution in [0.4, 0.5) is 4.79 Å². The Balaban J connectivity index is 2.61. The van der Waals surface area contributed by atoms with E-state index in [-0.39, 0.29) is 17.7 Å². The lowest BCUT2D eigenvalue weighted by Gasteiger charge is -2.28. The Bertz CT molecular complexity index is 422. The minimum atomic E-state index is -0.716. The number of likely N-dealkylation sites (N-methyl/N-ethyl adjacent to an activating group) is 1. The van der Waals surface area contributed by atoms with Gasteiger partial charge in [-0.1, -0.05) is 0 Å². The topological polar surface area (TPSA) is 79.0 Å². The van der Waals surface area contributed by atoms with E-state index in [1.807, 2.05) is 0 Å². The molecule has 0 aromatic carbocycles. The van der Waals surface area contributed by atoms with Crippen LogP contribution in [0.5, 0.6) is 0 Å². The van der Waals surface area contributed by atoms with Crippen LogP contribution < -0.4 is 5.43 Å². The maximum Gasteiger partial charge on any atom is 0.426 e. The van der Waals surface area contributed by atoms with Crippen LogP contribution in [0, 0.1) is 0 Å². The van der Waals surface area contributed by atoms with Gasteiger partial charge < -0.3 is 9.64 Å². The molecule has 0 saturated carbocycles. The third kappa shape index (κ3) is 5.08. The lowest BCUT2D eigenvalue weighted by molar-refractivity contribution is -0.143. The summed E-state index contributed by atoms with van der Waals surface area (Å²) in [6.07, 6.45) is 0.577. The van der Waals surface area contributed by atoms with E-state index < -0.39 is 17.7 Å². The summed E-state index contributed by atoms with van der Waals surface area (Å²) in [7, 11) is 1.42. The largest absolute Gasteiger partial charge is 0.443 e. The minimum Gasteiger partial charge on any atom is -0.443 e. The molecular weight excluding hydrogens is 298 g/mol. The van der Waals surface area contributed by atoms with Gasteiger partial charge in [-0.2, -0.15) is 0 Å². The molecule has 1 unspecified atom stereocenters. The molecule has 1 atom stereocenters. The molecule has 3 amide bonds. The van der Waals surface area contributed by atoms with E-state index in [9.17, 15) is 14.4 Å². The van der Waals surface area contributed by atoms with Crippen molar-refractivity contribution in [2.45, 2.75) is 45.3 Å². The number of alkyl halides is 1. The first-order valence-electron chi connectivity index (χ1n) is 6.78. The second-order valence-electron chi connectivity index (χ2n) is 5.89. The van der Waals surface area contributed by atoms with Crippen LogP contribution >= 0.6 is 11.6 Å². The number of hydrogen-bond acceptors (Lipinski definition) is 4. The number of halogens is 1. The third-order valence-electron chi connectivity index (χ3n) is 2.96. The van der Waals surface area contributed by atoms with E-state index in [4.69, 9.17) is 16.3 Å². The number of amides is 3. The SMILES string of the molecule is CN(NC(=O)OC(C)(C)C)C(=O)C1CCCN1C(=O)CCl. The molecule has 0 radical (unpaired) electrons. The maximum atomic E-state index is 12.3. The monoisotopic (exact) mass is 319 g/mol. The summed E-state index contributed by atoms with van der Waals surface area (Å²) in [5, 5.41) is 1.05. The van der Waals surface area contributed by atoms with Crippen LogP contribution in [0.3, 0.4) is 0 Å². The van der Waals surface area contributed by atoms with Crippen LogP contribution in [0.15, 0.2) is 0 Å². The molecule has 0 aromatic heterocycles. The Kier molecular flexibility index (Phi) is 5.83. The van der Waals surface area contributed by atoms with Crippen LogP contribution in [0.2, 0.25) is 0 Å². The van der Waals surface area contributed by atoms with Gasteiger partial charge in [-0.3, -0.25) is 14.6 Å². The van der Waals surface area contributed by atoms with Gasteiger partial charge in [0.05, 0.1) is 0 Å². The van der Waals surface area contributed by atoms with Gasteiger partial charge >= 0.3 is 6.09 Å². The molecule has 0 bridgehead atoms. The number of ether oxygens (including phenoxy) is 1. The van der Waals surface area contributed by atoms with Crippen molar-refractivity contribution in [1.29, 1.82) is 0 Å². The molecule has 1 N–H and O–H groups in total. The molecule has 21 heavy (non-hydrogen) atoms. The van der Waals surface area contributed by atoms with Crippen molar-refractivity contribution < 1.29 is 19.1 Å². The standard InChI is InChI=1S/C13H22ClN3O4/c1-13(2,3)21-12(20)15-16(4)11(19)9-6-5-7-17(9)10(18)8-14/h9H,5-8H2,1-4H3,(H,15,20). The van der Waals surface area contributed by atoms with Gasteiger partial charge in [0.2, 0.25) is 5.91 Å². The predicted octanol–water partition coefficient (Wildman–Crippen LogP) is 1.11. The molecule has 0 aromatic rings. The summed E-state index contributed by atoms with van der Waals surface area (Å²) in [6.45, 7) is 5.69. The van der Waals surface area contributed by atoms with E-state index in [1.165, 1.54) is 11.9 Å². The van der Waals surface area contributed by atoms with Crippen molar-refractivity contribution >= 4 is 29.5 Å². The van der Waals surface area contributed by atoms with Gasteiger partial charge in [0.15, 0.2) is 0 Å². The zero-order chi connectivity index (χ0) is 16.2. The predicted molar refractivity (Wildman–Crippen MR) is 77.6 cm³/mol. The Morgan fingerprint density at radius 1 is 1.38 bits per heavy atom. The van der Waals surface area contributed by atoms with Gasteiger partial charge in [-0.05, 0) is 33.6 Å². The highest BCUT2D eigenvalue weighted by Gasteiger charge is 2.36. The average molecular weight is 320 g/mol. The number of likely N-dealkylation sites (tertiary alicyclic amines) is 1. The molecule has 7 nitrogen and oxygen atoms in total. The van der Waals surface area contributed by atoms with E-state index in [0.29, 0.717) is 13.0 Å². The third-order valence-corrected chi connectivity index (χ3v) is 3.19. The quantitative estimate of drug-likeness (QED) is 0.611. The maximum absolute atomic E-state index is 12.3. The van der Waals surface area contributed by atoms with Crippen molar-refractivity contribution in [1.82, 2.24) is 15.3 Å². The molecular formula is C13H22ClN3O4. The second kappa shape index (κ2) is 6.98.